The predicted octanol–water partition coefficient (Wildman–Crippen LogP) is 3.77. The van der Waals surface area contributed by atoms with Gasteiger partial charge in [-0.3, -0.25) is 0 Å². The second kappa shape index (κ2) is 4.31. The molecule has 0 spiro atoms. The van der Waals surface area contributed by atoms with Crippen molar-refractivity contribution in [2.75, 3.05) is 0 Å². The largest absolute Gasteiger partial charge is 0.236 e. The Hall–Kier alpha value is -2.66. The molecule has 0 aliphatic carbocycles. The van der Waals surface area contributed by atoms with Gasteiger partial charge in [0.25, 0.3) is 0 Å². The van der Waals surface area contributed by atoms with Crippen LogP contribution in [-0.2, 0) is 0 Å². The van der Waals surface area contributed by atoms with Gasteiger partial charge < -0.3 is 0 Å². The van der Waals surface area contributed by atoms with Crippen LogP contribution in [0, 0.1) is 11.3 Å². The van der Waals surface area contributed by atoms with E-state index in [4.69, 9.17) is 0 Å². The number of aromatic nitrogens is 1. The quantitative estimate of drug-likeness (QED) is 0.638. The monoisotopic (exact) mass is 230 g/mol. The van der Waals surface area contributed by atoms with Crippen molar-refractivity contribution in [1.82, 2.24) is 4.98 Å². The lowest BCUT2D eigenvalue weighted by Gasteiger charge is -2.05. The van der Waals surface area contributed by atoms with Gasteiger partial charge in [0, 0.05) is 10.9 Å². The van der Waals surface area contributed by atoms with Gasteiger partial charge in [-0.25, -0.2) is 4.98 Å². The average molecular weight is 230 g/mol. The normalized spacial score (nSPS) is 10.2. The average Bonchev–Trinajstić information content (AvgIpc) is 2.46. The van der Waals surface area contributed by atoms with E-state index in [0.717, 1.165) is 22.0 Å². The number of benzene rings is 2. The van der Waals surface area contributed by atoms with Gasteiger partial charge in [-0.05, 0) is 17.7 Å². The second-order valence-corrected chi connectivity index (χ2v) is 4.06. The predicted molar refractivity (Wildman–Crippen MR) is 71.9 cm³/mol. The fourth-order valence-corrected chi connectivity index (χ4v) is 2.04. The van der Waals surface area contributed by atoms with Crippen molar-refractivity contribution in [3.05, 3.63) is 66.4 Å². The maximum Gasteiger partial charge on any atom is 0.149 e. The first-order chi connectivity index (χ1) is 8.88. The first kappa shape index (κ1) is 10.5. The number of hydrogen-bond donors (Lipinski definition) is 0. The number of nitriles is 1. The summed E-state index contributed by atoms with van der Waals surface area (Å²) >= 11 is 0. The zero-order valence-electron chi connectivity index (χ0n) is 9.67. The number of para-hydroxylation sites is 1. The molecule has 2 nitrogen and oxygen atoms in total. The molecule has 0 fully saturated rings. The summed E-state index contributed by atoms with van der Waals surface area (Å²) in [6.07, 6.45) is 0. The van der Waals surface area contributed by atoms with Crippen molar-refractivity contribution in [2.45, 2.75) is 0 Å². The molecule has 2 aromatic carbocycles. The molecule has 0 aliphatic rings. The Bertz CT molecular complexity index is 740. The number of fused-ring (bicyclic) bond motifs is 1. The number of nitrogens with zero attached hydrogens (tertiary/aromatic N) is 2. The van der Waals surface area contributed by atoms with E-state index in [1.54, 1.807) is 0 Å². The maximum atomic E-state index is 9.23. The number of pyridine rings is 1. The van der Waals surface area contributed by atoms with Crippen LogP contribution in [0.1, 0.15) is 5.69 Å². The van der Waals surface area contributed by atoms with Gasteiger partial charge in [0.15, 0.2) is 0 Å². The standard InChI is InChI=1S/C16H10N2/c17-11-16-14(12-6-2-1-3-7-12)10-13-8-4-5-9-15(13)18-16/h1-10H. The first-order valence-electron chi connectivity index (χ1n) is 5.74. The van der Waals surface area contributed by atoms with Crippen molar-refractivity contribution in [3.8, 4) is 17.2 Å². The molecule has 0 aliphatic heterocycles. The van der Waals surface area contributed by atoms with Crippen molar-refractivity contribution in [2.24, 2.45) is 0 Å². The van der Waals surface area contributed by atoms with Gasteiger partial charge in [-0.15, -0.1) is 0 Å². The molecular weight excluding hydrogens is 220 g/mol. The van der Waals surface area contributed by atoms with Gasteiger partial charge in [-0.2, -0.15) is 5.26 Å². The summed E-state index contributed by atoms with van der Waals surface area (Å²) in [5.41, 5.74) is 3.23. The Labute approximate surface area is 105 Å². The molecule has 3 rings (SSSR count). The SMILES string of the molecule is N#Cc1nc2ccccc2cc1-c1ccccc1. The van der Waals surface area contributed by atoms with Crippen LogP contribution in [0.4, 0.5) is 0 Å². The Morgan fingerprint density at radius 1 is 0.889 bits per heavy atom. The summed E-state index contributed by atoms with van der Waals surface area (Å²) in [4.78, 5) is 4.41. The van der Waals surface area contributed by atoms with Crippen LogP contribution >= 0.6 is 0 Å². The molecule has 0 atom stereocenters. The van der Waals surface area contributed by atoms with E-state index in [1.807, 2.05) is 60.7 Å². The van der Waals surface area contributed by atoms with Crippen LogP contribution in [0.5, 0.6) is 0 Å². The Kier molecular flexibility index (Phi) is 2.51. The second-order valence-electron chi connectivity index (χ2n) is 4.06. The van der Waals surface area contributed by atoms with Crippen LogP contribution < -0.4 is 0 Å². The highest BCUT2D eigenvalue weighted by atomic mass is 14.7. The summed E-state index contributed by atoms with van der Waals surface area (Å²) in [5.74, 6) is 0. The van der Waals surface area contributed by atoms with E-state index in [0.29, 0.717) is 5.69 Å². The van der Waals surface area contributed by atoms with Gasteiger partial charge in [0.05, 0.1) is 5.52 Å². The third-order valence-corrected chi connectivity index (χ3v) is 2.91. The minimum absolute atomic E-state index is 0.472. The molecule has 0 radical (unpaired) electrons. The molecule has 1 heterocycles. The third kappa shape index (κ3) is 1.72. The van der Waals surface area contributed by atoms with Crippen LogP contribution in [0.25, 0.3) is 22.0 Å². The van der Waals surface area contributed by atoms with E-state index < -0.39 is 0 Å². The number of hydrogen-bond acceptors (Lipinski definition) is 2. The lowest BCUT2D eigenvalue weighted by atomic mass is 10.0. The van der Waals surface area contributed by atoms with Crippen molar-refractivity contribution in [1.29, 1.82) is 5.26 Å². The molecule has 0 bridgehead atoms. The Morgan fingerprint density at radius 3 is 2.39 bits per heavy atom. The molecular formula is C16H10N2. The highest BCUT2D eigenvalue weighted by Crippen LogP contribution is 2.25. The zero-order valence-corrected chi connectivity index (χ0v) is 9.67. The molecule has 0 N–H and O–H groups in total. The third-order valence-electron chi connectivity index (χ3n) is 2.91. The molecule has 84 valence electrons. The van der Waals surface area contributed by atoms with E-state index in [1.165, 1.54) is 0 Å². The topological polar surface area (TPSA) is 36.7 Å². The highest BCUT2D eigenvalue weighted by Gasteiger charge is 2.07. The van der Waals surface area contributed by atoms with Crippen molar-refractivity contribution < 1.29 is 0 Å². The minimum atomic E-state index is 0.472. The summed E-state index contributed by atoms with van der Waals surface area (Å²) in [6, 6.07) is 21.9. The fourth-order valence-electron chi connectivity index (χ4n) is 2.04. The lowest BCUT2D eigenvalue weighted by molar-refractivity contribution is 1.32. The summed E-state index contributed by atoms with van der Waals surface area (Å²) in [7, 11) is 0. The Balaban J connectivity index is 2.32. The van der Waals surface area contributed by atoms with E-state index >= 15 is 0 Å². The minimum Gasteiger partial charge on any atom is -0.236 e. The van der Waals surface area contributed by atoms with Gasteiger partial charge in [0.1, 0.15) is 11.8 Å². The highest BCUT2D eigenvalue weighted by molar-refractivity contribution is 5.85. The molecule has 0 unspecified atom stereocenters. The molecule has 1 aromatic heterocycles. The van der Waals surface area contributed by atoms with Gasteiger partial charge in [0.2, 0.25) is 0 Å². The van der Waals surface area contributed by atoms with E-state index in [2.05, 4.69) is 11.1 Å². The smallest absolute Gasteiger partial charge is 0.149 e. The first-order valence-corrected chi connectivity index (χ1v) is 5.74. The molecule has 0 saturated heterocycles. The fraction of sp³-hybridized carbons (Fsp3) is 0. The molecule has 3 aromatic rings. The molecule has 2 heteroatoms. The molecule has 18 heavy (non-hydrogen) atoms. The van der Waals surface area contributed by atoms with Crippen LogP contribution in [0.15, 0.2) is 60.7 Å². The molecule has 0 saturated carbocycles. The summed E-state index contributed by atoms with van der Waals surface area (Å²) < 4.78 is 0. The van der Waals surface area contributed by atoms with Crippen LogP contribution in [-0.4, -0.2) is 4.98 Å². The van der Waals surface area contributed by atoms with Crippen molar-refractivity contribution in [3.63, 3.8) is 0 Å². The van der Waals surface area contributed by atoms with Crippen LogP contribution in [0.2, 0.25) is 0 Å². The number of rotatable bonds is 1. The molecule has 0 amide bonds. The van der Waals surface area contributed by atoms with Gasteiger partial charge >= 0.3 is 0 Å². The van der Waals surface area contributed by atoms with E-state index in [-0.39, 0.29) is 0 Å². The van der Waals surface area contributed by atoms with Crippen molar-refractivity contribution >= 4 is 10.9 Å². The summed E-state index contributed by atoms with van der Waals surface area (Å²) in [6.45, 7) is 0. The van der Waals surface area contributed by atoms with Gasteiger partial charge in [-0.1, -0.05) is 48.5 Å². The lowest BCUT2D eigenvalue weighted by Crippen LogP contribution is -1.90. The maximum absolute atomic E-state index is 9.23. The Morgan fingerprint density at radius 2 is 1.61 bits per heavy atom. The zero-order chi connectivity index (χ0) is 12.4. The van der Waals surface area contributed by atoms with Crippen LogP contribution in [0.3, 0.4) is 0 Å². The van der Waals surface area contributed by atoms with E-state index in [9.17, 15) is 5.26 Å². The summed E-state index contributed by atoms with van der Waals surface area (Å²) in [5, 5.41) is 10.3.